The first-order chi connectivity index (χ1) is 3.84. The van der Waals surface area contributed by atoms with Crippen LogP contribution in [0.4, 0.5) is 0 Å². The molecule has 0 aromatic heterocycles. The number of hydrogen-bond donors (Lipinski definition) is 2. The highest BCUT2D eigenvalue weighted by Gasteiger charge is 2.24. The predicted octanol–water partition coefficient (Wildman–Crippen LogP) is -0.155. The average molecular weight is 134 g/mol. The molecule has 0 spiro atoms. The molecule has 2 N–H and O–H groups in total. The van der Waals surface area contributed by atoms with Gasteiger partial charge in [0.25, 0.3) is 0 Å². The average Bonchev–Trinajstić information content (AvgIpc) is 2.14. The lowest BCUT2D eigenvalue weighted by atomic mass is 10.2. The van der Waals surface area contributed by atoms with Crippen LogP contribution in [0.2, 0.25) is 0 Å². The van der Waals surface area contributed by atoms with Crippen LogP contribution in [0.1, 0.15) is 6.42 Å². The van der Waals surface area contributed by atoms with Gasteiger partial charge in [-0.25, -0.2) is 0 Å². The van der Waals surface area contributed by atoms with Gasteiger partial charge in [-0.15, -0.1) is 0 Å². The Morgan fingerprint density at radius 1 is 1.62 bits per heavy atom. The van der Waals surface area contributed by atoms with Crippen molar-refractivity contribution in [3.05, 3.63) is 0 Å². The van der Waals surface area contributed by atoms with E-state index in [9.17, 15) is 0 Å². The van der Waals surface area contributed by atoms with Crippen molar-refractivity contribution < 1.29 is 10.2 Å². The van der Waals surface area contributed by atoms with Crippen molar-refractivity contribution in [3.63, 3.8) is 0 Å². The molecule has 0 aliphatic carbocycles. The summed E-state index contributed by atoms with van der Waals surface area (Å²) in [6.07, 6.45) is 0.584. The van der Waals surface area contributed by atoms with E-state index in [1.54, 1.807) is 11.8 Å². The van der Waals surface area contributed by atoms with Gasteiger partial charge in [-0.1, -0.05) is 0 Å². The summed E-state index contributed by atoms with van der Waals surface area (Å²) in [5.41, 5.74) is 0. The summed E-state index contributed by atoms with van der Waals surface area (Å²) in [5.74, 6) is 0.992. The lowest BCUT2D eigenvalue weighted by Crippen LogP contribution is -2.20. The molecule has 0 bridgehead atoms. The highest BCUT2D eigenvalue weighted by Crippen LogP contribution is 2.25. The maximum Gasteiger partial charge on any atom is 0.0688 e. The van der Waals surface area contributed by atoms with Gasteiger partial charge in [0.05, 0.1) is 18.0 Å². The van der Waals surface area contributed by atoms with E-state index in [1.807, 2.05) is 0 Å². The monoisotopic (exact) mass is 134 g/mol. The fourth-order valence-electron chi connectivity index (χ4n) is 0.812. The molecular weight excluding hydrogens is 124 g/mol. The first kappa shape index (κ1) is 6.39. The molecular formula is C5H10O2S. The Morgan fingerprint density at radius 3 is 2.62 bits per heavy atom. The van der Waals surface area contributed by atoms with Gasteiger partial charge in [0.15, 0.2) is 0 Å². The Kier molecular flexibility index (Phi) is 2.16. The Labute approximate surface area is 52.9 Å². The smallest absolute Gasteiger partial charge is 0.0688 e. The second kappa shape index (κ2) is 2.71. The first-order valence-electron chi connectivity index (χ1n) is 2.75. The zero-order chi connectivity index (χ0) is 5.98. The lowest BCUT2D eigenvalue weighted by molar-refractivity contribution is 0.145. The third-order valence-corrected chi connectivity index (χ3v) is 2.72. The number of hydrogen-bond acceptors (Lipinski definition) is 3. The number of aliphatic hydroxyl groups excluding tert-OH is 2. The van der Waals surface area contributed by atoms with Crippen molar-refractivity contribution >= 4 is 11.8 Å². The predicted molar refractivity (Wildman–Crippen MR) is 34.0 cm³/mol. The van der Waals surface area contributed by atoms with Gasteiger partial charge in [0.2, 0.25) is 0 Å². The second-order valence-corrected chi connectivity index (χ2v) is 3.29. The van der Waals surface area contributed by atoms with Gasteiger partial charge in [0.1, 0.15) is 0 Å². The molecule has 1 heterocycles. The summed E-state index contributed by atoms with van der Waals surface area (Å²) < 4.78 is 0. The normalized spacial score (nSPS) is 38.2. The number of aliphatic hydroxyl groups is 2. The quantitative estimate of drug-likeness (QED) is 0.524. The largest absolute Gasteiger partial charge is 0.395 e. The van der Waals surface area contributed by atoms with E-state index >= 15 is 0 Å². The Balaban J connectivity index is 2.30. The van der Waals surface area contributed by atoms with Crippen LogP contribution >= 0.6 is 11.8 Å². The molecule has 1 aliphatic heterocycles. The zero-order valence-corrected chi connectivity index (χ0v) is 5.40. The van der Waals surface area contributed by atoms with Crippen LogP contribution in [0.3, 0.4) is 0 Å². The summed E-state index contributed by atoms with van der Waals surface area (Å²) in [6, 6.07) is 0. The number of rotatable bonds is 1. The van der Waals surface area contributed by atoms with E-state index in [2.05, 4.69) is 0 Å². The summed E-state index contributed by atoms with van der Waals surface area (Å²) in [6.45, 7) is 0.117. The SMILES string of the molecule is OC[C@H]1SCC[C@@H]1O. The van der Waals surface area contributed by atoms with E-state index in [4.69, 9.17) is 10.2 Å². The maximum atomic E-state index is 9.01. The highest BCUT2D eigenvalue weighted by atomic mass is 32.2. The second-order valence-electron chi connectivity index (χ2n) is 1.95. The third-order valence-electron chi connectivity index (χ3n) is 1.35. The lowest BCUT2D eigenvalue weighted by Gasteiger charge is -2.07. The molecule has 8 heavy (non-hydrogen) atoms. The molecule has 1 aliphatic rings. The fourth-order valence-corrected chi connectivity index (χ4v) is 1.96. The van der Waals surface area contributed by atoms with Crippen molar-refractivity contribution in [2.24, 2.45) is 0 Å². The Morgan fingerprint density at radius 2 is 2.38 bits per heavy atom. The van der Waals surface area contributed by atoms with E-state index in [-0.39, 0.29) is 18.0 Å². The summed E-state index contributed by atoms with van der Waals surface area (Å²) in [5, 5.41) is 17.7. The van der Waals surface area contributed by atoms with Crippen molar-refractivity contribution in [2.75, 3.05) is 12.4 Å². The Hall–Kier alpha value is 0.270. The van der Waals surface area contributed by atoms with Crippen LogP contribution in [0.25, 0.3) is 0 Å². The molecule has 0 radical (unpaired) electrons. The van der Waals surface area contributed by atoms with E-state index < -0.39 is 0 Å². The molecule has 0 saturated carbocycles. The maximum absolute atomic E-state index is 9.01. The van der Waals surface area contributed by atoms with E-state index in [1.165, 1.54) is 0 Å². The summed E-state index contributed by atoms with van der Waals surface area (Å²) in [7, 11) is 0. The molecule has 48 valence electrons. The van der Waals surface area contributed by atoms with Crippen molar-refractivity contribution in [2.45, 2.75) is 17.8 Å². The van der Waals surface area contributed by atoms with Crippen LogP contribution in [0, 0.1) is 0 Å². The summed E-state index contributed by atoms with van der Waals surface area (Å²) >= 11 is 1.65. The molecule has 3 heteroatoms. The molecule has 2 nitrogen and oxygen atoms in total. The van der Waals surface area contributed by atoms with Crippen LogP contribution in [0.5, 0.6) is 0 Å². The first-order valence-corrected chi connectivity index (χ1v) is 3.80. The molecule has 2 atom stereocenters. The standard InChI is InChI=1S/C5H10O2S/c6-3-5-4(7)1-2-8-5/h4-7H,1-3H2/t4-,5+/m0/s1. The van der Waals surface area contributed by atoms with Gasteiger partial charge in [-0.05, 0) is 12.2 Å². The zero-order valence-electron chi connectivity index (χ0n) is 4.58. The van der Waals surface area contributed by atoms with E-state index in [0.29, 0.717) is 0 Å². The highest BCUT2D eigenvalue weighted by molar-refractivity contribution is 8.00. The molecule has 1 fully saturated rings. The minimum absolute atomic E-state index is 0.0926. The van der Waals surface area contributed by atoms with Gasteiger partial charge in [0, 0.05) is 0 Å². The van der Waals surface area contributed by atoms with E-state index in [0.717, 1.165) is 12.2 Å². The van der Waals surface area contributed by atoms with Crippen LogP contribution in [-0.2, 0) is 0 Å². The third kappa shape index (κ3) is 1.16. The Bertz CT molecular complexity index is 76.8. The minimum atomic E-state index is -0.259. The fraction of sp³-hybridized carbons (Fsp3) is 1.00. The van der Waals surface area contributed by atoms with Crippen LogP contribution in [-0.4, -0.2) is 33.9 Å². The van der Waals surface area contributed by atoms with Crippen molar-refractivity contribution in [1.82, 2.24) is 0 Å². The minimum Gasteiger partial charge on any atom is -0.395 e. The van der Waals surface area contributed by atoms with Crippen molar-refractivity contribution in [3.8, 4) is 0 Å². The van der Waals surface area contributed by atoms with Gasteiger partial charge >= 0.3 is 0 Å². The van der Waals surface area contributed by atoms with Gasteiger partial charge in [-0.2, -0.15) is 11.8 Å². The van der Waals surface area contributed by atoms with Gasteiger partial charge < -0.3 is 10.2 Å². The number of thioether (sulfide) groups is 1. The molecule has 0 aromatic carbocycles. The topological polar surface area (TPSA) is 40.5 Å². The molecule has 1 saturated heterocycles. The van der Waals surface area contributed by atoms with Crippen LogP contribution < -0.4 is 0 Å². The molecule has 0 aromatic rings. The summed E-state index contributed by atoms with van der Waals surface area (Å²) in [4.78, 5) is 0. The van der Waals surface area contributed by atoms with Crippen LogP contribution in [0.15, 0.2) is 0 Å². The van der Waals surface area contributed by atoms with Crippen molar-refractivity contribution in [1.29, 1.82) is 0 Å². The van der Waals surface area contributed by atoms with Gasteiger partial charge in [-0.3, -0.25) is 0 Å². The molecule has 0 unspecified atom stereocenters. The molecule has 0 amide bonds. The molecule has 1 rings (SSSR count).